The van der Waals surface area contributed by atoms with Gasteiger partial charge in [0.25, 0.3) is 10.2 Å². The van der Waals surface area contributed by atoms with Crippen molar-refractivity contribution in [3.63, 3.8) is 0 Å². The molecule has 3 rings (SSSR count). The average molecular weight is 359 g/mol. The molecule has 1 saturated carbocycles. The zero-order valence-corrected chi connectivity index (χ0v) is 15.9. The maximum Gasteiger partial charge on any atom is 0.279 e. The molecule has 0 aromatic heterocycles. The van der Waals surface area contributed by atoms with Crippen LogP contribution in [0.15, 0.2) is 60.7 Å². The second-order valence-electron chi connectivity index (χ2n) is 7.58. The van der Waals surface area contributed by atoms with Gasteiger partial charge in [0.1, 0.15) is 0 Å². The topological polar surface area (TPSA) is 49.4 Å². The Kier molecular flexibility index (Phi) is 4.75. The van der Waals surface area contributed by atoms with Crippen molar-refractivity contribution < 1.29 is 8.42 Å². The normalized spacial score (nSPS) is 22.1. The number of hydrogen-bond donors (Lipinski definition) is 1. The highest BCUT2D eigenvalue weighted by atomic mass is 32.2. The maximum absolute atomic E-state index is 12.7. The molecule has 2 aromatic carbocycles. The molecule has 0 aliphatic heterocycles. The Morgan fingerprint density at radius 2 is 1.52 bits per heavy atom. The maximum atomic E-state index is 12.7. The highest BCUT2D eigenvalue weighted by Gasteiger charge is 2.61. The van der Waals surface area contributed by atoms with Gasteiger partial charge in [-0.3, -0.25) is 0 Å². The minimum atomic E-state index is -3.53. The summed E-state index contributed by atoms with van der Waals surface area (Å²) >= 11 is 0. The molecule has 2 aromatic rings. The van der Waals surface area contributed by atoms with Crippen LogP contribution in [-0.2, 0) is 22.2 Å². The van der Waals surface area contributed by atoms with Gasteiger partial charge >= 0.3 is 0 Å². The predicted molar refractivity (Wildman–Crippen MR) is 101 cm³/mol. The van der Waals surface area contributed by atoms with Crippen LogP contribution < -0.4 is 4.72 Å². The molecule has 0 spiro atoms. The molecule has 1 fully saturated rings. The van der Waals surface area contributed by atoms with Crippen molar-refractivity contribution in [3.05, 3.63) is 71.8 Å². The van der Waals surface area contributed by atoms with Gasteiger partial charge in [0.05, 0.1) is 0 Å². The van der Waals surface area contributed by atoms with Crippen LogP contribution in [-0.4, -0.2) is 26.3 Å². The van der Waals surface area contributed by atoms with E-state index >= 15 is 0 Å². The Morgan fingerprint density at radius 3 is 2.04 bits per heavy atom. The van der Waals surface area contributed by atoms with E-state index in [2.05, 4.69) is 30.7 Å². The molecule has 134 valence electrons. The highest BCUT2D eigenvalue weighted by Crippen LogP contribution is 2.63. The van der Waals surface area contributed by atoms with Crippen molar-refractivity contribution in [1.82, 2.24) is 9.03 Å². The SMILES string of the molecule is CN(Cc1ccccc1)S(=O)(=O)NC[C@]1(c2ccccc2)CC1(C)C. The van der Waals surface area contributed by atoms with Crippen molar-refractivity contribution >= 4 is 10.2 Å². The first-order valence-electron chi connectivity index (χ1n) is 8.57. The molecule has 4 nitrogen and oxygen atoms in total. The van der Waals surface area contributed by atoms with Crippen molar-refractivity contribution in [3.8, 4) is 0 Å². The van der Waals surface area contributed by atoms with E-state index in [1.165, 1.54) is 9.87 Å². The van der Waals surface area contributed by atoms with E-state index < -0.39 is 10.2 Å². The van der Waals surface area contributed by atoms with Crippen LogP contribution in [0.1, 0.15) is 31.4 Å². The Hall–Kier alpha value is -1.69. The molecule has 1 aliphatic rings. The average Bonchev–Trinajstić information content (AvgIpc) is 3.17. The predicted octanol–water partition coefficient (Wildman–Crippen LogP) is 3.32. The van der Waals surface area contributed by atoms with E-state index in [0.29, 0.717) is 13.1 Å². The molecule has 25 heavy (non-hydrogen) atoms. The third kappa shape index (κ3) is 3.64. The van der Waals surface area contributed by atoms with Gasteiger partial charge in [-0.25, -0.2) is 4.72 Å². The fraction of sp³-hybridized carbons (Fsp3) is 0.400. The molecule has 0 bridgehead atoms. The van der Waals surface area contributed by atoms with Gasteiger partial charge in [-0.2, -0.15) is 12.7 Å². The molecule has 5 heteroatoms. The van der Waals surface area contributed by atoms with Crippen molar-refractivity contribution in [2.45, 2.75) is 32.2 Å². The summed E-state index contributed by atoms with van der Waals surface area (Å²) < 4.78 is 29.5. The molecule has 0 unspecified atom stereocenters. The second-order valence-corrected chi connectivity index (χ2v) is 9.44. The Morgan fingerprint density at radius 1 is 1.00 bits per heavy atom. The first kappa shape index (κ1) is 18.1. The molecule has 0 heterocycles. The number of benzene rings is 2. The molecule has 1 N–H and O–H groups in total. The zero-order chi connectivity index (χ0) is 18.1. The van der Waals surface area contributed by atoms with E-state index in [4.69, 9.17) is 0 Å². The smallest absolute Gasteiger partial charge is 0.201 e. The third-order valence-corrected chi connectivity index (χ3v) is 6.91. The lowest BCUT2D eigenvalue weighted by atomic mass is 9.88. The van der Waals surface area contributed by atoms with Gasteiger partial charge in [-0.1, -0.05) is 74.5 Å². The van der Waals surface area contributed by atoms with Gasteiger partial charge in [0.2, 0.25) is 0 Å². The first-order valence-corrected chi connectivity index (χ1v) is 10.0. The van der Waals surface area contributed by atoms with Crippen LogP contribution in [0.2, 0.25) is 0 Å². The number of nitrogens with zero attached hydrogens (tertiary/aromatic N) is 1. The fourth-order valence-electron chi connectivity index (χ4n) is 3.61. The summed E-state index contributed by atoms with van der Waals surface area (Å²) in [5.41, 5.74) is 2.14. The van der Waals surface area contributed by atoms with Crippen LogP contribution in [0, 0.1) is 5.41 Å². The Labute approximate surface area is 151 Å². The number of rotatable bonds is 7. The Bertz CT molecular complexity index is 819. The molecular weight excluding hydrogens is 332 g/mol. The summed E-state index contributed by atoms with van der Waals surface area (Å²) in [5.74, 6) is 0. The van der Waals surface area contributed by atoms with E-state index in [-0.39, 0.29) is 10.8 Å². The first-order chi connectivity index (χ1) is 11.8. The monoisotopic (exact) mass is 358 g/mol. The van der Waals surface area contributed by atoms with Crippen molar-refractivity contribution in [2.24, 2.45) is 5.41 Å². The van der Waals surface area contributed by atoms with Gasteiger partial charge in [-0.15, -0.1) is 0 Å². The van der Waals surface area contributed by atoms with Crippen molar-refractivity contribution in [2.75, 3.05) is 13.6 Å². The van der Waals surface area contributed by atoms with E-state index in [1.807, 2.05) is 48.5 Å². The summed E-state index contributed by atoms with van der Waals surface area (Å²) in [5, 5.41) is 0. The lowest BCUT2D eigenvalue weighted by Crippen LogP contribution is -2.42. The lowest BCUT2D eigenvalue weighted by molar-refractivity contribution is 0.437. The summed E-state index contributed by atoms with van der Waals surface area (Å²) in [4.78, 5) is 0. The molecular formula is C20H26N2O2S. The lowest BCUT2D eigenvalue weighted by Gasteiger charge is -2.24. The largest absolute Gasteiger partial charge is 0.279 e. The van der Waals surface area contributed by atoms with Gasteiger partial charge < -0.3 is 0 Å². The molecule has 0 radical (unpaired) electrons. The third-order valence-electron chi connectivity index (χ3n) is 5.46. The van der Waals surface area contributed by atoms with E-state index in [9.17, 15) is 8.42 Å². The van der Waals surface area contributed by atoms with Gasteiger partial charge in [0, 0.05) is 25.6 Å². The standard InChI is InChI=1S/C20H26N2O2S/c1-19(2)15-20(19,18-12-8-5-9-13-18)16-21-25(23,24)22(3)14-17-10-6-4-7-11-17/h4-13,21H,14-16H2,1-3H3/t20-/m0/s1. The van der Waals surface area contributed by atoms with E-state index in [1.54, 1.807) is 7.05 Å². The molecule has 0 amide bonds. The van der Waals surface area contributed by atoms with Crippen LogP contribution in [0.4, 0.5) is 0 Å². The van der Waals surface area contributed by atoms with E-state index in [0.717, 1.165) is 12.0 Å². The summed E-state index contributed by atoms with van der Waals surface area (Å²) in [6, 6.07) is 19.8. The summed E-state index contributed by atoms with van der Waals surface area (Å²) in [7, 11) is -1.91. The van der Waals surface area contributed by atoms with Crippen LogP contribution in [0.5, 0.6) is 0 Å². The fourth-order valence-corrected chi connectivity index (χ4v) is 4.58. The minimum absolute atomic E-state index is 0.0921. The molecule has 0 saturated heterocycles. The van der Waals surface area contributed by atoms with Crippen molar-refractivity contribution in [1.29, 1.82) is 0 Å². The van der Waals surface area contributed by atoms with Crippen LogP contribution in [0.25, 0.3) is 0 Å². The zero-order valence-electron chi connectivity index (χ0n) is 15.1. The molecule has 1 aliphatic carbocycles. The van der Waals surface area contributed by atoms with Crippen LogP contribution in [0.3, 0.4) is 0 Å². The Balaban J connectivity index is 1.71. The quantitative estimate of drug-likeness (QED) is 0.825. The summed E-state index contributed by atoms with van der Waals surface area (Å²) in [6.45, 7) is 5.17. The molecule has 1 atom stereocenters. The van der Waals surface area contributed by atoms with Gasteiger partial charge in [-0.05, 0) is 23.0 Å². The van der Waals surface area contributed by atoms with Crippen LogP contribution >= 0.6 is 0 Å². The van der Waals surface area contributed by atoms with Gasteiger partial charge in [0.15, 0.2) is 0 Å². The minimum Gasteiger partial charge on any atom is -0.201 e. The number of hydrogen-bond acceptors (Lipinski definition) is 2. The second kappa shape index (κ2) is 6.56. The number of nitrogens with one attached hydrogen (secondary N) is 1. The highest BCUT2D eigenvalue weighted by molar-refractivity contribution is 7.87. The summed E-state index contributed by atoms with van der Waals surface area (Å²) in [6.07, 6.45) is 0.981.